The maximum Gasteiger partial charge on any atom is 0.0763 e. The van der Waals surface area contributed by atoms with Gasteiger partial charge in [-0.25, -0.2) is 0 Å². The molecule has 2 aromatic rings. The minimum absolute atomic E-state index is 0.110. The normalized spacial score (nSPS) is 11.9. The van der Waals surface area contributed by atoms with E-state index < -0.39 is 0 Å². The predicted molar refractivity (Wildman–Crippen MR) is 93.2 cm³/mol. The molecule has 0 amide bonds. The summed E-state index contributed by atoms with van der Waals surface area (Å²) in [6.45, 7) is 12.2. The topological polar surface area (TPSA) is 24.9 Å². The van der Waals surface area contributed by atoms with Crippen molar-refractivity contribution in [2.75, 3.05) is 11.9 Å². The van der Waals surface area contributed by atoms with Crippen molar-refractivity contribution in [2.45, 2.75) is 59.3 Å². The number of aryl methyl sites for hydroxylation is 1. The molecule has 21 heavy (non-hydrogen) atoms. The number of benzene rings is 1. The van der Waals surface area contributed by atoms with Gasteiger partial charge in [0, 0.05) is 23.3 Å². The minimum Gasteiger partial charge on any atom is -0.384 e. The molecule has 2 rings (SSSR count). The third-order valence-electron chi connectivity index (χ3n) is 3.77. The van der Waals surface area contributed by atoms with Gasteiger partial charge in [-0.3, -0.25) is 4.98 Å². The Morgan fingerprint density at radius 1 is 1.10 bits per heavy atom. The quantitative estimate of drug-likeness (QED) is 0.805. The maximum absolute atomic E-state index is 4.96. The second-order valence-corrected chi connectivity index (χ2v) is 6.79. The highest BCUT2D eigenvalue weighted by Crippen LogP contribution is 2.32. The molecule has 1 aromatic heterocycles. The van der Waals surface area contributed by atoms with E-state index in [2.05, 4.69) is 64.2 Å². The predicted octanol–water partition coefficient (Wildman–Crippen LogP) is 5.31. The fourth-order valence-corrected chi connectivity index (χ4v) is 2.70. The smallest absolute Gasteiger partial charge is 0.0763 e. The van der Waals surface area contributed by atoms with Crippen LogP contribution in [-0.2, 0) is 11.8 Å². The van der Waals surface area contributed by atoms with Crippen molar-refractivity contribution in [2.24, 2.45) is 0 Å². The molecule has 0 aliphatic rings. The number of nitrogens with one attached hydrogen (secondary N) is 1. The molecule has 0 aliphatic heterocycles. The van der Waals surface area contributed by atoms with E-state index in [0.717, 1.165) is 31.3 Å². The molecule has 0 atom stereocenters. The summed E-state index contributed by atoms with van der Waals surface area (Å²) < 4.78 is 0. The number of hydrogen-bond donors (Lipinski definition) is 1. The van der Waals surface area contributed by atoms with Crippen LogP contribution in [0.25, 0.3) is 10.9 Å². The molecule has 1 heterocycles. The van der Waals surface area contributed by atoms with Gasteiger partial charge in [0.25, 0.3) is 0 Å². The molecule has 1 aromatic carbocycles. The first-order chi connectivity index (χ1) is 9.97. The molecule has 0 saturated carbocycles. The summed E-state index contributed by atoms with van der Waals surface area (Å²) in [6.07, 6.45) is 3.30. The molecule has 0 bridgehead atoms. The standard InChI is InChI=1S/C19H28N2/c1-6-9-14-13-17(20-12-7-2)15-10-8-11-16(18(15)21-14)19(3,4)5/h8,10-11,13H,6-7,9,12H2,1-5H3,(H,20,21). The highest BCUT2D eigenvalue weighted by atomic mass is 14.9. The number of nitrogens with zero attached hydrogens (tertiary/aromatic N) is 1. The summed E-state index contributed by atoms with van der Waals surface area (Å²) in [4.78, 5) is 4.96. The van der Waals surface area contributed by atoms with E-state index >= 15 is 0 Å². The van der Waals surface area contributed by atoms with Crippen LogP contribution in [0, 0.1) is 0 Å². The van der Waals surface area contributed by atoms with Gasteiger partial charge in [-0.05, 0) is 29.9 Å². The third-order valence-corrected chi connectivity index (χ3v) is 3.77. The van der Waals surface area contributed by atoms with Gasteiger partial charge in [0.1, 0.15) is 0 Å². The van der Waals surface area contributed by atoms with Gasteiger partial charge in [-0.1, -0.05) is 59.2 Å². The average molecular weight is 284 g/mol. The number of aromatic nitrogens is 1. The first kappa shape index (κ1) is 15.8. The Balaban J connectivity index is 2.65. The number of rotatable bonds is 5. The Kier molecular flexibility index (Phi) is 4.87. The zero-order valence-corrected chi connectivity index (χ0v) is 14.1. The summed E-state index contributed by atoms with van der Waals surface area (Å²) in [6, 6.07) is 8.79. The van der Waals surface area contributed by atoms with Crippen LogP contribution < -0.4 is 5.32 Å². The van der Waals surface area contributed by atoms with Crippen molar-refractivity contribution in [3.8, 4) is 0 Å². The second kappa shape index (κ2) is 6.46. The first-order valence-electron chi connectivity index (χ1n) is 8.14. The molecular weight excluding hydrogens is 256 g/mol. The molecular formula is C19H28N2. The van der Waals surface area contributed by atoms with Crippen LogP contribution in [0.3, 0.4) is 0 Å². The van der Waals surface area contributed by atoms with Gasteiger partial charge in [0.15, 0.2) is 0 Å². The number of hydrogen-bond acceptors (Lipinski definition) is 2. The molecule has 0 fully saturated rings. The molecule has 0 unspecified atom stereocenters. The molecule has 114 valence electrons. The summed E-state index contributed by atoms with van der Waals surface area (Å²) in [5.74, 6) is 0. The summed E-state index contributed by atoms with van der Waals surface area (Å²) in [5, 5.41) is 4.82. The Labute approximate surface area is 129 Å². The van der Waals surface area contributed by atoms with Gasteiger partial charge >= 0.3 is 0 Å². The highest BCUT2D eigenvalue weighted by Gasteiger charge is 2.19. The van der Waals surface area contributed by atoms with Crippen LogP contribution in [0.2, 0.25) is 0 Å². The van der Waals surface area contributed by atoms with Gasteiger partial charge < -0.3 is 5.32 Å². The number of para-hydroxylation sites is 1. The van der Waals surface area contributed by atoms with Crippen molar-refractivity contribution >= 4 is 16.6 Å². The van der Waals surface area contributed by atoms with Gasteiger partial charge in [0.2, 0.25) is 0 Å². The fourth-order valence-electron chi connectivity index (χ4n) is 2.70. The molecule has 0 aliphatic carbocycles. The van der Waals surface area contributed by atoms with Gasteiger partial charge in [0.05, 0.1) is 5.52 Å². The van der Waals surface area contributed by atoms with E-state index in [9.17, 15) is 0 Å². The number of pyridine rings is 1. The van der Waals surface area contributed by atoms with E-state index in [-0.39, 0.29) is 5.41 Å². The lowest BCUT2D eigenvalue weighted by atomic mass is 9.85. The van der Waals surface area contributed by atoms with Gasteiger partial charge in [-0.15, -0.1) is 0 Å². The number of fused-ring (bicyclic) bond motifs is 1. The first-order valence-corrected chi connectivity index (χ1v) is 8.14. The molecule has 2 heteroatoms. The van der Waals surface area contributed by atoms with E-state index in [4.69, 9.17) is 4.98 Å². The molecule has 0 radical (unpaired) electrons. The largest absolute Gasteiger partial charge is 0.384 e. The lowest BCUT2D eigenvalue weighted by Gasteiger charge is -2.22. The van der Waals surface area contributed by atoms with Crippen LogP contribution >= 0.6 is 0 Å². The van der Waals surface area contributed by atoms with Crippen LogP contribution in [0.15, 0.2) is 24.3 Å². The van der Waals surface area contributed by atoms with Crippen LogP contribution in [0.5, 0.6) is 0 Å². The van der Waals surface area contributed by atoms with Crippen molar-refractivity contribution in [3.05, 3.63) is 35.5 Å². The molecule has 0 saturated heterocycles. The Hall–Kier alpha value is -1.57. The summed E-state index contributed by atoms with van der Waals surface area (Å²) in [5.41, 5.74) is 5.03. The average Bonchev–Trinajstić information content (AvgIpc) is 2.43. The Morgan fingerprint density at radius 3 is 2.48 bits per heavy atom. The van der Waals surface area contributed by atoms with Crippen molar-refractivity contribution < 1.29 is 0 Å². The minimum atomic E-state index is 0.110. The maximum atomic E-state index is 4.96. The summed E-state index contributed by atoms with van der Waals surface area (Å²) >= 11 is 0. The van der Waals surface area contributed by atoms with Crippen LogP contribution in [0.4, 0.5) is 5.69 Å². The van der Waals surface area contributed by atoms with Crippen LogP contribution in [0.1, 0.15) is 58.7 Å². The van der Waals surface area contributed by atoms with E-state index in [1.54, 1.807) is 0 Å². The lowest BCUT2D eigenvalue weighted by Crippen LogP contribution is -2.13. The zero-order valence-electron chi connectivity index (χ0n) is 14.1. The molecule has 2 nitrogen and oxygen atoms in total. The van der Waals surface area contributed by atoms with Crippen molar-refractivity contribution in [1.82, 2.24) is 4.98 Å². The Bertz CT molecular complexity index is 609. The van der Waals surface area contributed by atoms with Crippen LogP contribution in [-0.4, -0.2) is 11.5 Å². The lowest BCUT2D eigenvalue weighted by molar-refractivity contribution is 0.594. The zero-order chi connectivity index (χ0) is 15.5. The van der Waals surface area contributed by atoms with E-state index in [0.29, 0.717) is 0 Å². The van der Waals surface area contributed by atoms with Gasteiger partial charge in [-0.2, -0.15) is 0 Å². The number of anilines is 1. The second-order valence-electron chi connectivity index (χ2n) is 6.79. The fraction of sp³-hybridized carbons (Fsp3) is 0.526. The Morgan fingerprint density at radius 2 is 1.86 bits per heavy atom. The van der Waals surface area contributed by atoms with E-state index in [1.165, 1.54) is 22.3 Å². The SMILES string of the molecule is CCCNc1cc(CCC)nc2c(C(C)(C)C)cccc12. The highest BCUT2D eigenvalue weighted by molar-refractivity contribution is 5.94. The third kappa shape index (κ3) is 3.55. The monoisotopic (exact) mass is 284 g/mol. The molecule has 1 N–H and O–H groups in total. The van der Waals surface area contributed by atoms with E-state index in [1.807, 2.05) is 0 Å². The summed E-state index contributed by atoms with van der Waals surface area (Å²) in [7, 11) is 0. The van der Waals surface area contributed by atoms with Crippen molar-refractivity contribution in [1.29, 1.82) is 0 Å². The van der Waals surface area contributed by atoms with Crippen molar-refractivity contribution in [3.63, 3.8) is 0 Å². The molecule has 0 spiro atoms.